The van der Waals surface area contributed by atoms with Gasteiger partial charge in [0, 0.05) is 58.8 Å². The molecule has 136 valence electrons. The molecule has 3 amide bonds. The third-order valence-electron chi connectivity index (χ3n) is 4.86. The zero-order valence-corrected chi connectivity index (χ0v) is 14.6. The predicted molar refractivity (Wildman–Crippen MR) is 95.9 cm³/mol. The van der Waals surface area contributed by atoms with E-state index in [0.29, 0.717) is 39.1 Å². The topological polar surface area (TPSA) is 81.9 Å². The van der Waals surface area contributed by atoms with Crippen LogP contribution in [0.1, 0.15) is 12.0 Å². The van der Waals surface area contributed by atoms with Crippen LogP contribution in [0, 0.1) is 0 Å². The minimum absolute atomic E-state index is 0.0632. The molecule has 0 aliphatic carbocycles. The molecular formula is C18H27N5O2. The normalized spacial score (nSPS) is 21.6. The fourth-order valence-electron chi connectivity index (χ4n) is 3.45. The Morgan fingerprint density at radius 1 is 1.16 bits per heavy atom. The molecule has 0 spiro atoms. The lowest BCUT2D eigenvalue weighted by atomic mass is 10.2. The zero-order chi connectivity index (χ0) is 17.6. The van der Waals surface area contributed by atoms with Crippen molar-refractivity contribution in [2.24, 2.45) is 5.73 Å². The number of piperazine rings is 1. The van der Waals surface area contributed by atoms with Crippen LogP contribution >= 0.6 is 0 Å². The van der Waals surface area contributed by atoms with Crippen molar-refractivity contribution in [3.8, 4) is 0 Å². The van der Waals surface area contributed by atoms with E-state index in [-0.39, 0.29) is 18.0 Å². The number of nitrogens with two attached hydrogens (primary N) is 1. The van der Waals surface area contributed by atoms with Crippen LogP contribution in [0.3, 0.4) is 0 Å². The Morgan fingerprint density at radius 2 is 1.88 bits per heavy atom. The first-order valence-corrected chi connectivity index (χ1v) is 8.95. The van der Waals surface area contributed by atoms with Gasteiger partial charge in [-0.3, -0.25) is 9.69 Å². The average molecular weight is 345 g/mol. The van der Waals surface area contributed by atoms with Crippen molar-refractivity contribution in [1.29, 1.82) is 0 Å². The van der Waals surface area contributed by atoms with Gasteiger partial charge in [0.05, 0.1) is 6.04 Å². The second kappa shape index (κ2) is 8.31. The van der Waals surface area contributed by atoms with Gasteiger partial charge in [-0.15, -0.1) is 0 Å². The number of nitrogens with zero attached hydrogens (tertiary/aromatic N) is 3. The van der Waals surface area contributed by atoms with E-state index in [2.05, 4.69) is 10.2 Å². The number of benzene rings is 1. The van der Waals surface area contributed by atoms with Crippen LogP contribution in [-0.4, -0.2) is 78.5 Å². The van der Waals surface area contributed by atoms with Gasteiger partial charge in [-0.05, 0) is 5.56 Å². The van der Waals surface area contributed by atoms with Crippen LogP contribution in [0.15, 0.2) is 30.3 Å². The van der Waals surface area contributed by atoms with Gasteiger partial charge in [0.25, 0.3) is 0 Å². The van der Waals surface area contributed by atoms with Gasteiger partial charge in [0.1, 0.15) is 0 Å². The van der Waals surface area contributed by atoms with E-state index < -0.39 is 0 Å². The Bertz CT molecular complexity index is 586. The van der Waals surface area contributed by atoms with Crippen LogP contribution in [0.4, 0.5) is 4.79 Å². The number of rotatable bonds is 5. The number of hydrogen-bond donors (Lipinski definition) is 2. The Labute approximate surface area is 148 Å². The third kappa shape index (κ3) is 4.70. The summed E-state index contributed by atoms with van der Waals surface area (Å²) in [6, 6.07) is 9.77. The summed E-state index contributed by atoms with van der Waals surface area (Å²) in [6.07, 6.45) is 0.381. The minimum atomic E-state index is -0.106. The summed E-state index contributed by atoms with van der Waals surface area (Å²) in [4.78, 5) is 30.6. The van der Waals surface area contributed by atoms with E-state index in [9.17, 15) is 9.59 Å². The van der Waals surface area contributed by atoms with Gasteiger partial charge in [0.2, 0.25) is 5.91 Å². The van der Waals surface area contributed by atoms with E-state index in [4.69, 9.17) is 5.73 Å². The van der Waals surface area contributed by atoms with E-state index in [0.717, 1.165) is 25.2 Å². The Hall–Kier alpha value is -2.12. The molecule has 3 N–H and O–H groups in total. The first-order chi connectivity index (χ1) is 12.2. The fourth-order valence-corrected chi connectivity index (χ4v) is 3.45. The number of likely N-dealkylation sites (tertiary alicyclic amines) is 1. The Kier molecular flexibility index (Phi) is 5.88. The second-order valence-electron chi connectivity index (χ2n) is 6.73. The highest BCUT2D eigenvalue weighted by molar-refractivity contribution is 5.81. The maximum atomic E-state index is 12.4. The zero-order valence-electron chi connectivity index (χ0n) is 14.6. The minimum Gasteiger partial charge on any atom is -0.336 e. The highest BCUT2D eigenvalue weighted by atomic mass is 16.2. The molecule has 1 atom stereocenters. The summed E-state index contributed by atoms with van der Waals surface area (Å²) >= 11 is 0. The van der Waals surface area contributed by atoms with Crippen molar-refractivity contribution >= 4 is 11.9 Å². The van der Waals surface area contributed by atoms with Crippen molar-refractivity contribution in [3.63, 3.8) is 0 Å². The average Bonchev–Trinajstić information content (AvgIpc) is 2.96. The molecule has 0 aromatic heterocycles. The molecule has 2 heterocycles. The quantitative estimate of drug-likeness (QED) is 0.791. The molecular weight excluding hydrogens is 318 g/mol. The highest BCUT2D eigenvalue weighted by Crippen LogP contribution is 2.15. The number of hydrogen-bond acceptors (Lipinski definition) is 4. The molecule has 25 heavy (non-hydrogen) atoms. The first-order valence-electron chi connectivity index (χ1n) is 8.95. The number of nitrogens with one attached hydrogen (secondary N) is 1. The maximum Gasteiger partial charge on any atom is 0.317 e. The summed E-state index contributed by atoms with van der Waals surface area (Å²) < 4.78 is 0. The molecule has 1 unspecified atom stereocenters. The van der Waals surface area contributed by atoms with Gasteiger partial charge < -0.3 is 20.9 Å². The van der Waals surface area contributed by atoms with E-state index in [1.165, 1.54) is 0 Å². The summed E-state index contributed by atoms with van der Waals surface area (Å²) in [7, 11) is 0. The largest absolute Gasteiger partial charge is 0.336 e. The SMILES string of the molecule is NCCN1CCN(C(=O)NC2CC(=O)N(Cc3ccccc3)C2)CC1. The van der Waals surface area contributed by atoms with Gasteiger partial charge in [-0.2, -0.15) is 0 Å². The fraction of sp³-hybridized carbons (Fsp3) is 0.556. The molecule has 1 aromatic carbocycles. The molecule has 0 bridgehead atoms. The van der Waals surface area contributed by atoms with Crippen LogP contribution < -0.4 is 11.1 Å². The maximum absolute atomic E-state index is 12.4. The molecule has 0 saturated carbocycles. The van der Waals surface area contributed by atoms with Crippen molar-refractivity contribution < 1.29 is 9.59 Å². The lowest BCUT2D eigenvalue weighted by Gasteiger charge is -2.35. The van der Waals surface area contributed by atoms with Crippen LogP contribution in [0.2, 0.25) is 0 Å². The number of carbonyl (C=O) groups excluding carboxylic acids is 2. The lowest BCUT2D eigenvalue weighted by Crippen LogP contribution is -2.54. The second-order valence-corrected chi connectivity index (χ2v) is 6.73. The molecule has 2 aliphatic rings. The number of urea groups is 1. The molecule has 2 aliphatic heterocycles. The van der Waals surface area contributed by atoms with Crippen LogP contribution in [0.5, 0.6) is 0 Å². The molecule has 2 fully saturated rings. The summed E-state index contributed by atoms with van der Waals surface area (Å²) in [5, 5.41) is 3.02. The molecule has 7 heteroatoms. The summed E-state index contributed by atoms with van der Waals surface area (Å²) in [6.45, 7) is 5.83. The Balaban J connectivity index is 1.46. The lowest BCUT2D eigenvalue weighted by molar-refractivity contribution is -0.128. The first kappa shape index (κ1) is 17.7. The standard InChI is InChI=1S/C18H27N5O2/c19-6-7-21-8-10-22(11-9-21)18(25)20-16-12-17(24)23(14-16)13-15-4-2-1-3-5-15/h1-5,16H,6-14,19H2,(H,20,25). The molecule has 3 rings (SSSR count). The van der Waals surface area contributed by atoms with Crippen molar-refractivity contribution in [2.75, 3.05) is 45.8 Å². The van der Waals surface area contributed by atoms with Crippen LogP contribution in [-0.2, 0) is 11.3 Å². The van der Waals surface area contributed by atoms with E-state index in [1.807, 2.05) is 40.1 Å². The van der Waals surface area contributed by atoms with E-state index in [1.54, 1.807) is 0 Å². The number of amides is 3. The van der Waals surface area contributed by atoms with Crippen molar-refractivity contribution in [1.82, 2.24) is 20.0 Å². The van der Waals surface area contributed by atoms with Gasteiger partial charge in [-0.1, -0.05) is 30.3 Å². The van der Waals surface area contributed by atoms with E-state index >= 15 is 0 Å². The third-order valence-corrected chi connectivity index (χ3v) is 4.86. The molecule has 7 nitrogen and oxygen atoms in total. The monoisotopic (exact) mass is 345 g/mol. The van der Waals surface area contributed by atoms with Gasteiger partial charge >= 0.3 is 6.03 Å². The predicted octanol–water partition coefficient (Wildman–Crippen LogP) is 0.0734. The molecule has 2 saturated heterocycles. The smallest absolute Gasteiger partial charge is 0.317 e. The highest BCUT2D eigenvalue weighted by Gasteiger charge is 2.32. The Morgan fingerprint density at radius 3 is 2.56 bits per heavy atom. The van der Waals surface area contributed by atoms with Gasteiger partial charge in [-0.25, -0.2) is 4.79 Å². The van der Waals surface area contributed by atoms with Crippen LogP contribution in [0.25, 0.3) is 0 Å². The summed E-state index contributed by atoms with van der Waals surface area (Å²) in [5.41, 5.74) is 6.68. The van der Waals surface area contributed by atoms with Crippen molar-refractivity contribution in [3.05, 3.63) is 35.9 Å². The van der Waals surface area contributed by atoms with Gasteiger partial charge in [0.15, 0.2) is 0 Å². The summed E-state index contributed by atoms with van der Waals surface area (Å²) in [5.74, 6) is 0.0990. The molecule has 0 radical (unpaired) electrons. The van der Waals surface area contributed by atoms with Crippen molar-refractivity contribution in [2.45, 2.75) is 19.0 Å². The number of carbonyl (C=O) groups is 2. The molecule has 1 aromatic rings.